The summed E-state index contributed by atoms with van der Waals surface area (Å²) >= 11 is 0. The Bertz CT molecular complexity index is 297. The van der Waals surface area contributed by atoms with E-state index in [-0.39, 0.29) is 16.5 Å². The molecule has 0 amide bonds. The zero-order chi connectivity index (χ0) is 14.8. The molecule has 0 saturated heterocycles. The molecule has 0 aliphatic carbocycles. The third-order valence-electron chi connectivity index (χ3n) is 3.13. The second-order valence-electron chi connectivity index (χ2n) is 8.42. The minimum absolute atomic E-state index is 0.0973. The first-order chi connectivity index (χ1) is 7.73. The average molecular weight is 276 g/mol. The lowest BCUT2D eigenvalue weighted by Gasteiger charge is -2.30. The van der Waals surface area contributed by atoms with Crippen molar-refractivity contribution in [2.24, 2.45) is 16.7 Å². The second-order valence-corrected chi connectivity index (χ2v) is 11.2. The molecule has 0 aromatic carbocycles. The van der Waals surface area contributed by atoms with Gasteiger partial charge in [-0.2, -0.15) is 0 Å². The molecule has 3 heteroatoms. The molecule has 3 unspecified atom stereocenters. The van der Waals surface area contributed by atoms with Gasteiger partial charge in [-0.15, -0.1) is 0 Å². The zero-order valence-electron chi connectivity index (χ0n) is 13.6. The maximum absolute atomic E-state index is 12.4. The van der Waals surface area contributed by atoms with Gasteiger partial charge in [0, 0.05) is 11.8 Å². The van der Waals surface area contributed by atoms with E-state index in [9.17, 15) is 9.46 Å². The van der Waals surface area contributed by atoms with Gasteiger partial charge in [-0.3, -0.25) is 4.57 Å². The summed E-state index contributed by atoms with van der Waals surface area (Å²) in [7, 11) is -3.02. The highest BCUT2D eigenvalue weighted by Crippen LogP contribution is 2.52. The fourth-order valence-electron chi connectivity index (χ4n) is 2.77. The van der Waals surface area contributed by atoms with Gasteiger partial charge >= 0.3 is 0 Å². The molecule has 3 atom stereocenters. The predicted molar refractivity (Wildman–Crippen MR) is 81.5 cm³/mol. The molecule has 0 spiro atoms. The third-order valence-corrected chi connectivity index (χ3v) is 5.84. The average Bonchev–Trinajstić information content (AvgIpc) is 1.94. The SMILES string of the molecule is CC(CC(C)(C)C)CP(=O)(O)C(C)CC(C)(C)C. The highest BCUT2D eigenvalue weighted by molar-refractivity contribution is 7.58. The molecule has 0 aromatic rings. The molecule has 0 saturated carbocycles. The number of rotatable bonds is 5. The largest absolute Gasteiger partial charge is 0.344 e. The Morgan fingerprint density at radius 1 is 0.944 bits per heavy atom. The maximum atomic E-state index is 12.4. The Morgan fingerprint density at radius 3 is 1.67 bits per heavy atom. The van der Waals surface area contributed by atoms with Gasteiger partial charge in [0.15, 0.2) is 0 Å². The van der Waals surface area contributed by atoms with Gasteiger partial charge in [0.1, 0.15) is 0 Å². The van der Waals surface area contributed by atoms with Crippen molar-refractivity contribution in [3.05, 3.63) is 0 Å². The Balaban J connectivity index is 4.51. The minimum Gasteiger partial charge on any atom is -0.344 e. The summed E-state index contributed by atoms with van der Waals surface area (Å²) in [4.78, 5) is 10.3. The van der Waals surface area contributed by atoms with E-state index < -0.39 is 7.37 Å². The molecule has 18 heavy (non-hydrogen) atoms. The van der Waals surface area contributed by atoms with Crippen LogP contribution < -0.4 is 0 Å². The van der Waals surface area contributed by atoms with Crippen LogP contribution in [0.5, 0.6) is 0 Å². The normalized spacial score (nSPS) is 20.3. The van der Waals surface area contributed by atoms with E-state index in [2.05, 4.69) is 48.5 Å². The van der Waals surface area contributed by atoms with Crippen molar-refractivity contribution in [1.29, 1.82) is 0 Å². The third kappa shape index (κ3) is 8.32. The van der Waals surface area contributed by atoms with Crippen LogP contribution in [0.15, 0.2) is 0 Å². The summed E-state index contributed by atoms with van der Waals surface area (Å²) in [5, 5.41) is 0. The highest BCUT2D eigenvalue weighted by Gasteiger charge is 2.32. The van der Waals surface area contributed by atoms with Gasteiger partial charge < -0.3 is 4.89 Å². The van der Waals surface area contributed by atoms with Crippen LogP contribution in [0, 0.1) is 16.7 Å². The Hall–Kier alpha value is 0.190. The van der Waals surface area contributed by atoms with E-state index in [4.69, 9.17) is 0 Å². The molecule has 0 bridgehead atoms. The second kappa shape index (κ2) is 6.09. The van der Waals surface area contributed by atoms with E-state index in [0.717, 1.165) is 12.8 Å². The lowest BCUT2D eigenvalue weighted by molar-refractivity contribution is 0.313. The lowest BCUT2D eigenvalue weighted by Crippen LogP contribution is -2.20. The number of hydrogen-bond acceptors (Lipinski definition) is 1. The van der Waals surface area contributed by atoms with E-state index in [0.29, 0.717) is 12.1 Å². The van der Waals surface area contributed by atoms with Crippen molar-refractivity contribution in [2.45, 2.75) is 73.9 Å². The van der Waals surface area contributed by atoms with Gasteiger partial charge in [-0.05, 0) is 29.6 Å². The maximum Gasteiger partial charge on any atom is 0.203 e. The molecule has 0 aliphatic rings. The summed E-state index contributed by atoms with van der Waals surface area (Å²) < 4.78 is 12.4. The van der Waals surface area contributed by atoms with Crippen molar-refractivity contribution >= 4 is 7.37 Å². The summed E-state index contributed by atoms with van der Waals surface area (Å²) in [5.41, 5.74) is 0.248. The molecule has 0 rings (SSSR count). The van der Waals surface area contributed by atoms with Crippen molar-refractivity contribution < 1.29 is 9.46 Å². The van der Waals surface area contributed by atoms with E-state index in [1.807, 2.05) is 6.92 Å². The predicted octanol–water partition coefficient (Wildman–Crippen LogP) is 5.15. The van der Waals surface area contributed by atoms with Crippen LogP contribution >= 0.6 is 7.37 Å². The molecule has 0 radical (unpaired) electrons. The van der Waals surface area contributed by atoms with E-state index >= 15 is 0 Å². The van der Waals surface area contributed by atoms with Gasteiger partial charge in [-0.25, -0.2) is 0 Å². The van der Waals surface area contributed by atoms with Crippen LogP contribution in [-0.2, 0) is 4.57 Å². The van der Waals surface area contributed by atoms with E-state index in [1.54, 1.807) is 0 Å². The van der Waals surface area contributed by atoms with E-state index in [1.165, 1.54) is 0 Å². The van der Waals surface area contributed by atoms with Crippen LogP contribution in [0.3, 0.4) is 0 Å². The van der Waals surface area contributed by atoms with Crippen molar-refractivity contribution in [3.8, 4) is 0 Å². The molecular formula is C15H33O2P. The summed E-state index contributed by atoms with van der Waals surface area (Å²) in [6.07, 6.45) is 2.27. The van der Waals surface area contributed by atoms with Crippen LogP contribution in [0.2, 0.25) is 0 Å². The molecule has 0 fully saturated rings. The Labute approximate surface area is 114 Å². The molecule has 1 N–H and O–H groups in total. The molecular weight excluding hydrogens is 243 g/mol. The van der Waals surface area contributed by atoms with Crippen LogP contribution in [0.1, 0.15) is 68.2 Å². The quantitative estimate of drug-likeness (QED) is 0.705. The first-order valence-electron chi connectivity index (χ1n) is 7.04. The van der Waals surface area contributed by atoms with Crippen molar-refractivity contribution in [3.63, 3.8) is 0 Å². The van der Waals surface area contributed by atoms with Gasteiger partial charge in [-0.1, -0.05) is 55.4 Å². The first-order valence-corrected chi connectivity index (χ1v) is 8.96. The Kier molecular flexibility index (Phi) is 6.16. The minimum atomic E-state index is -3.02. The molecule has 2 nitrogen and oxygen atoms in total. The fraction of sp³-hybridized carbons (Fsp3) is 1.00. The lowest BCUT2D eigenvalue weighted by atomic mass is 9.86. The van der Waals surface area contributed by atoms with Crippen LogP contribution in [0.25, 0.3) is 0 Å². The van der Waals surface area contributed by atoms with Crippen molar-refractivity contribution in [2.75, 3.05) is 6.16 Å². The highest BCUT2D eigenvalue weighted by atomic mass is 31.2. The first kappa shape index (κ1) is 18.2. The van der Waals surface area contributed by atoms with Gasteiger partial charge in [0.25, 0.3) is 0 Å². The molecule has 110 valence electrons. The smallest absolute Gasteiger partial charge is 0.203 e. The molecule has 0 aliphatic heterocycles. The molecule has 0 heterocycles. The fourth-order valence-corrected chi connectivity index (χ4v) is 4.98. The van der Waals surface area contributed by atoms with Crippen LogP contribution in [0.4, 0.5) is 0 Å². The zero-order valence-corrected chi connectivity index (χ0v) is 14.5. The van der Waals surface area contributed by atoms with Gasteiger partial charge in [0.05, 0.1) is 0 Å². The summed E-state index contributed by atoms with van der Waals surface area (Å²) in [6, 6.07) is 0. The van der Waals surface area contributed by atoms with Crippen molar-refractivity contribution in [1.82, 2.24) is 0 Å². The van der Waals surface area contributed by atoms with Crippen LogP contribution in [-0.4, -0.2) is 16.7 Å². The molecule has 0 aromatic heterocycles. The Morgan fingerprint density at radius 2 is 1.33 bits per heavy atom. The standard InChI is InChI=1S/C15H33O2P/c1-12(9-14(3,4)5)11-18(16,17)13(2)10-15(6,7)8/h12-13H,9-11H2,1-8H3,(H,16,17). The summed E-state index contributed by atoms with van der Waals surface area (Å²) in [5.74, 6) is 0.309. The van der Waals surface area contributed by atoms with Gasteiger partial charge in [0.2, 0.25) is 7.37 Å². The monoisotopic (exact) mass is 276 g/mol. The number of hydrogen-bond donors (Lipinski definition) is 1. The summed E-state index contributed by atoms with van der Waals surface area (Å²) in [6.45, 7) is 17.0. The topological polar surface area (TPSA) is 37.3 Å².